The average molecular weight is 645 g/mol. The number of benzene rings is 3. The number of fused-ring (bicyclic) bond motifs is 1. The standard InChI is InChI=1S/C37H48N4O6/c1-26-23-41(27(2)25-42)36(44)32-22-31(38-35(43)21-29-14-7-5-8-15-29)18-19-33(32)47-28(3)13-11-12-20-46-34(26)24-40(4)37(45)39-30-16-9-6-10-17-30/h5-10,14-19,22,26-28,34,42H,11-13,20-21,23-25H2,1-4H3,(H,38,43)(H,39,45)/t26-,27+,28+,34-/m0/s1. The molecule has 252 valence electrons. The first-order chi connectivity index (χ1) is 22.6. The van der Waals surface area contributed by atoms with Gasteiger partial charge in [0, 0.05) is 44.0 Å². The minimum atomic E-state index is -0.515. The third-order valence-electron chi connectivity index (χ3n) is 8.37. The second kappa shape index (κ2) is 17.5. The molecule has 4 amide bonds. The number of ether oxygens (including phenoxy) is 2. The predicted octanol–water partition coefficient (Wildman–Crippen LogP) is 5.83. The Hall–Kier alpha value is -4.41. The summed E-state index contributed by atoms with van der Waals surface area (Å²) in [6, 6.07) is 23.1. The molecular formula is C37H48N4O6. The normalized spacial score (nSPS) is 19.8. The molecule has 0 bridgehead atoms. The van der Waals surface area contributed by atoms with Crippen LogP contribution in [0.3, 0.4) is 0 Å². The van der Waals surface area contributed by atoms with Crippen molar-refractivity contribution < 1.29 is 29.0 Å². The molecule has 0 saturated carbocycles. The van der Waals surface area contributed by atoms with Crippen LogP contribution in [0.5, 0.6) is 5.75 Å². The lowest BCUT2D eigenvalue weighted by atomic mass is 10.0. The number of carbonyl (C=O) groups excluding carboxylic acids is 3. The van der Waals surface area contributed by atoms with E-state index in [1.165, 1.54) is 0 Å². The molecule has 0 aliphatic carbocycles. The maximum atomic E-state index is 14.3. The topological polar surface area (TPSA) is 120 Å². The third-order valence-corrected chi connectivity index (χ3v) is 8.37. The molecule has 0 spiro atoms. The smallest absolute Gasteiger partial charge is 0.321 e. The van der Waals surface area contributed by atoms with Gasteiger partial charge in [-0.1, -0.05) is 55.5 Å². The summed E-state index contributed by atoms with van der Waals surface area (Å²) in [4.78, 5) is 43.5. The van der Waals surface area contributed by atoms with Gasteiger partial charge in [-0.05, 0) is 69.0 Å². The summed E-state index contributed by atoms with van der Waals surface area (Å²) in [5.74, 6) is -0.299. The van der Waals surface area contributed by atoms with Crippen LogP contribution in [0.15, 0.2) is 78.9 Å². The highest BCUT2D eigenvalue weighted by molar-refractivity contribution is 6.00. The Kier molecular flexibility index (Phi) is 13.2. The molecule has 3 aromatic carbocycles. The van der Waals surface area contributed by atoms with Crippen molar-refractivity contribution in [3.05, 3.63) is 90.0 Å². The van der Waals surface area contributed by atoms with Gasteiger partial charge in [0.2, 0.25) is 5.91 Å². The van der Waals surface area contributed by atoms with Crippen LogP contribution in [0, 0.1) is 5.92 Å². The number of urea groups is 1. The summed E-state index contributed by atoms with van der Waals surface area (Å²) in [6.07, 6.45) is 2.08. The number of carbonyl (C=O) groups is 3. The van der Waals surface area contributed by atoms with Crippen LogP contribution in [0.2, 0.25) is 0 Å². The Labute approximate surface area is 278 Å². The van der Waals surface area contributed by atoms with E-state index in [4.69, 9.17) is 9.47 Å². The number of hydrogen-bond acceptors (Lipinski definition) is 6. The van der Waals surface area contributed by atoms with Gasteiger partial charge in [-0.25, -0.2) is 4.79 Å². The molecule has 0 aromatic heterocycles. The van der Waals surface area contributed by atoms with Gasteiger partial charge in [-0.3, -0.25) is 9.59 Å². The lowest BCUT2D eigenvalue weighted by molar-refractivity contribution is -0.115. The van der Waals surface area contributed by atoms with Crippen molar-refractivity contribution in [3.63, 3.8) is 0 Å². The Bertz CT molecular complexity index is 1450. The van der Waals surface area contributed by atoms with E-state index in [0.29, 0.717) is 35.8 Å². The van der Waals surface area contributed by atoms with Crippen LogP contribution in [-0.2, 0) is 16.0 Å². The number of amides is 4. The van der Waals surface area contributed by atoms with Crippen molar-refractivity contribution in [1.29, 1.82) is 0 Å². The number of nitrogens with zero attached hydrogens (tertiary/aromatic N) is 2. The van der Waals surface area contributed by atoms with Crippen molar-refractivity contribution in [2.45, 2.75) is 64.7 Å². The molecule has 47 heavy (non-hydrogen) atoms. The van der Waals surface area contributed by atoms with Crippen LogP contribution in [-0.4, -0.2) is 84.4 Å². The van der Waals surface area contributed by atoms with Crippen molar-refractivity contribution in [1.82, 2.24) is 9.80 Å². The highest BCUT2D eigenvalue weighted by atomic mass is 16.5. The average Bonchev–Trinajstić information content (AvgIpc) is 3.06. The summed E-state index contributed by atoms with van der Waals surface area (Å²) in [5.41, 5.74) is 2.36. The molecular weight excluding hydrogens is 596 g/mol. The number of aliphatic hydroxyl groups is 1. The Morgan fingerprint density at radius 3 is 2.38 bits per heavy atom. The molecule has 4 rings (SSSR count). The lowest BCUT2D eigenvalue weighted by Gasteiger charge is -2.35. The van der Waals surface area contributed by atoms with Crippen LogP contribution in [0.1, 0.15) is 56.0 Å². The minimum absolute atomic E-state index is 0.172. The fraction of sp³-hybridized carbons (Fsp3) is 0.432. The van der Waals surface area contributed by atoms with E-state index in [-0.39, 0.29) is 55.5 Å². The molecule has 10 nitrogen and oxygen atoms in total. The zero-order chi connectivity index (χ0) is 33.8. The molecule has 1 aliphatic heterocycles. The Balaban J connectivity index is 1.58. The number of likely N-dealkylation sites (N-methyl/N-ethyl adjacent to an activating group) is 1. The zero-order valence-electron chi connectivity index (χ0n) is 27.9. The van der Waals surface area contributed by atoms with Gasteiger partial charge in [0.25, 0.3) is 5.91 Å². The Morgan fingerprint density at radius 1 is 0.979 bits per heavy atom. The van der Waals surface area contributed by atoms with Gasteiger partial charge < -0.3 is 35.0 Å². The van der Waals surface area contributed by atoms with Gasteiger partial charge >= 0.3 is 6.03 Å². The fourth-order valence-electron chi connectivity index (χ4n) is 5.54. The van der Waals surface area contributed by atoms with Crippen LogP contribution in [0.25, 0.3) is 0 Å². The number of nitrogens with one attached hydrogen (secondary N) is 2. The molecule has 1 heterocycles. The van der Waals surface area contributed by atoms with E-state index in [1.54, 1.807) is 42.0 Å². The van der Waals surface area contributed by atoms with E-state index < -0.39 is 6.04 Å². The van der Waals surface area contributed by atoms with Crippen molar-refractivity contribution in [3.8, 4) is 5.75 Å². The second-order valence-corrected chi connectivity index (χ2v) is 12.4. The third kappa shape index (κ3) is 10.6. The number of anilines is 2. The predicted molar refractivity (Wildman–Crippen MR) is 184 cm³/mol. The van der Waals surface area contributed by atoms with Crippen molar-refractivity contribution in [2.24, 2.45) is 5.92 Å². The highest BCUT2D eigenvalue weighted by Gasteiger charge is 2.31. The number of para-hydroxylation sites is 1. The minimum Gasteiger partial charge on any atom is -0.490 e. The molecule has 4 atom stereocenters. The number of rotatable bonds is 8. The lowest BCUT2D eigenvalue weighted by Crippen LogP contribution is -2.48. The molecule has 0 fully saturated rings. The number of hydrogen-bond donors (Lipinski definition) is 3. The van der Waals surface area contributed by atoms with Crippen molar-refractivity contribution in [2.75, 3.05) is 44.0 Å². The quantitative estimate of drug-likeness (QED) is 0.284. The van der Waals surface area contributed by atoms with Gasteiger partial charge in [0.15, 0.2) is 0 Å². The van der Waals surface area contributed by atoms with Crippen LogP contribution < -0.4 is 15.4 Å². The summed E-state index contributed by atoms with van der Waals surface area (Å²) >= 11 is 0. The van der Waals surface area contributed by atoms with Crippen molar-refractivity contribution >= 4 is 29.2 Å². The Morgan fingerprint density at radius 2 is 1.68 bits per heavy atom. The maximum absolute atomic E-state index is 14.3. The molecule has 0 radical (unpaired) electrons. The second-order valence-electron chi connectivity index (χ2n) is 12.4. The first kappa shape index (κ1) is 35.4. The molecule has 10 heteroatoms. The summed E-state index contributed by atoms with van der Waals surface area (Å²) in [5, 5.41) is 16.0. The SMILES string of the molecule is C[C@@H]1CCCCO[C@@H](CN(C)C(=O)Nc2ccccc2)[C@@H](C)CN([C@H](C)CO)C(=O)c2cc(NC(=O)Cc3ccccc3)ccc2O1. The first-order valence-corrected chi connectivity index (χ1v) is 16.4. The van der Waals surface area contributed by atoms with Crippen LogP contribution >= 0.6 is 0 Å². The highest BCUT2D eigenvalue weighted by Crippen LogP contribution is 2.28. The van der Waals surface area contributed by atoms with Crippen LogP contribution in [0.4, 0.5) is 16.2 Å². The zero-order valence-corrected chi connectivity index (χ0v) is 27.9. The van der Waals surface area contributed by atoms with E-state index in [9.17, 15) is 19.5 Å². The molecule has 1 aliphatic rings. The monoisotopic (exact) mass is 644 g/mol. The van der Waals surface area contributed by atoms with E-state index in [0.717, 1.165) is 24.8 Å². The summed E-state index contributed by atoms with van der Waals surface area (Å²) in [6.45, 7) is 6.57. The molecule has 3 aromatic rings. The van der Waals surface area contributed by atoms with E-state index in [2.05, 4.69) is 10.6 Å². The fourth-order valence-corrected chi connectivity index (χ4v) is 5.54. The van der Waals surface area contributed by atoms with Gasteiger partial charge in [0.1, 0.15) is 5.75 Å². The molecule has 0 saturated heterocycles. The van der Waals surface area contributed by atoms with Gasteiger partial charge in [0.05, 0.1) is 36.8 Å². The van der Waals surface area contributed by atoms with Gasteiger partial charge in [-0.15, -0.1) is 0 Å². The van der Waals surface area contributed by atoms with E-state index in [1.807, 2.05) is 74.5 Å². The molecule has 3 N–H and O–H groups in total. The number of aliphatic hydroxyl groups excluding tert-OH is 1. The molecule has 0 unspecified atom stereocenters. The first-order valence-electron chi connectivity index (χ1n) is 16.4. The largest absolute Gasteiger partial charge is 0.490 e. The van der Waals surface area contributed by atoms with Gasteiger partial charge in [-0.2, -0.15) is 0 Å². The van der Waals surface area contributed by atoms with E-state index >= 15 is 0 Å². The maximum Gasteiger partial charge on any atom is 0.321 e. The summed E-state index contributed by atoms with van der Waals surface area (Å²) < 4.78 is 12.7. The summed E-state index contributed by atoms with van der Waals surface area (Å²) in [7, 11) is 1.72.